The number of terminal acetylenes is 1. The molecule has 1 rings (SSSR count). The van der Waals surface area contributed by atoms with E-state index in [1.807, 2.05) is 6.92 Å². The van der Waals surface area contributed by atoms with Gasteiger partial charge in [-0.15, -0.1) is 6.42 Å². The molecule has 1 unspecified atom stereocenters. The molecule has 6 nitrogen and oxygen atoms in total. The van der Waals surface area contributed by atoms with E-state index in [0.29, 0.717) is 12.1 Å². The van der Waals surface area contributed by atoms with Crippen molar-refractivity contribution in [2.45, 2.75) is 25.8 Å². The molecule has 3 N–H and O–H groups in total. The number of hydrogen-bond donors (Lipinski definition) is 3. The third-order valence-corrected chi connectivity index (χ3v) is 2.32. The van der Waals surface area contributed by atoms with Crippen molar-refractivity contribution in [3.05, 3.63) is 24.0 Å². The summed E-state index contributed by atoms with van der Waals surface area (Å²) in [6.07, 6.45) is 8.11. The second-order valence-electron chi connectivity index (χ2n) is 3.84. The number of pyridine rings is 1. The molecule has 0 fully saturated rings. The molecule has 0 aliphatic rings. The van der Waals surface area contributed by atoms with Gasteiger partial charge >= 0.3 is 12.0 Å². The maximum absolute atomic E-state index is 11.6. The normalized spacial score (nSPS) is 11.2. The summed E-state index contributed by atoms with van der Waals surface area (Å²) in [5.41, 5.74) is 0.313. The summed E-state index contributed by atoms with van der Waals surface area (Å²) in [5, 5.41) is 13.8. The molecule has 1 aromatic rings. The van der Waals surface area contributed by atoms with Crippen molar-refractivity contribution in [1.29, 1.82) is 0 Å². The van der Waals surface area contributed by atoms with Crippen molar-refractivity contribution >= 4 is 17.7 Å². The fourth-order valence-electron chi connectivity index (χ4n) is 1.41. The van der Waals surface area contributed by atoms with Crippen LogP contribution in [-0.4, -0.2) is 28.1 Å². The second-order valence-corrected chi connectivity index (χ2v) is 3.84. The number of hydrogen-bond acceptors (Lipinski definition) is 3. The average molecular weight is 261 g/mol. The lowest BCUT2D eigenvalue weighted by atomic mass is 10.2. The number of carbonyl (C=O) groups excluding carboxylic acids is 1. The molecule has 0 aliphatic carbocycles. The molecule has 0 bridgehead atoms. The zero-order chi connectivity index (χ0) is 14.3. The number of carbonyl (C=O) groups is 2. The van der Waals surface area contributed by atoms with Crippen molar-refractivity contribution in [1.82, 2.24) is 10.3 Å². The number of carboxylic acid groups (broad SMARTS) is 1. The Balaban J connectivity index is 2.57. The fraction of sp³-hybridized carbons (Fsp3) is 0.308. The third-order valence-electron chi connectivity index (χ3n) is 2.32. The first-order valence-electron chi connectivity index (χ1n) is 5.79. The molecule has 0 aliphatic heterocycles. The summed E-state index contributed by atoms with van der Waals surface area (Å²) in [4.78, 5) is 25.9. The van der Waals surface area contributed by atoms with Gasteiger partial charge in [0, 0.05) is 0 Å². The number of rotatable bonds is 5. The Kier molecular flexibility index (Phi) is 5.35. The quantitative estimate of drug-likeness (QED) is 0.703. The molecule has 1 atom stereocenters. The maximum Gasteiger partial charge on any atom is 0.354 e. The smallest absolute Gasteiger partial charge is 0.354 e. The second kappa shape index (κ2) is 7.01. The number of carboxylic acids is 1. The van der Waals surface area contributed by atoms with Crippen molar-refractivity contribution < 1.29 is 14.7 Å². The molecule has 0 aromatic carbocycles. The van der Waals surface area contributed by atoms with Crippen LogP contribution in [0.15, 0.2) is 18.3 Å². The first-order valence-corrected chi connectivity index (χ1v) is 5.79. The minimum Gasteiger partial charge on any atom is -0.477 e. The van der Waals surface area contributed by atoms with Crippen molar-refractivity contribution in [3.63, 3.8) is 0 Å². The van der Waals surface area contributed by atoms with Gasteiger partial charge in [0.15, 0.2) is 0 Å². The van der Waals surface area contributed by atoms with E-state index in [2.05, 4.69) is 21.5 Å². The molecule has 0 radical (unpaired) electrons. The highest BCUT2D eigenvalue weighted by atomic mass is 16.4. The third kappa shape index (κ3) is 4.68. The Morgan fingerprint density at radius 2 is 2.26 bits per heavy atom. The van der Waals surface area contributed by atoms with E-state index in [-0.39, 0.29) is 11.7 Å². The van der Waals surface area contributed by atoms with Gasteiger partial charge in [-0.05, 0) is 18.6 Å². The first kappa shape index (κ1) is 14.5. The van der Waals surface area contributed by atoms with Gasteiger partial charge < -0.3 is 15.7 Å². The lowest BCUT2D eigenvalue weighted by Gasteiger charge is -2.12. The number of urea groups is 1. The number of nitrogens with zero attached hydrogens (tertiary/aromatic N) is 1. The van der Waals surface area contributed by atoms with Gasteiger partial charge in [0.05, 0.1) is 17.9 Å². The largest absolute Gasteiger partial charge is 0.477 e. The van der Waals surface area contributed by atoms with Gasteiger partial charge in [0.2, 0.25) is 0 Å². The van der Waals surface area contributed by atoms with Gasteiger partial charge in [-0.25, -0.2) is 14.6 Å². The van der Waals surface area contributed by atoms with Gasteiger partial charge in [-0.2, -0.15) is 0 Å². The lowest BCUT2D eigenvalue weighted by molar-refractivity contribution is 0.0690. The highest BCUT2D eigenvalue weighted by molar-refractivity contribution is 5.90. The molecule has 1 heterocycles. The molecule has 0 saturated carbocycles. The number of aromatic nitrogens is 1. The van der Waals surface area contributed by atoms with E-state index in [1.54, 1.807) is 0 Å². The van der Waals surface area contributed by atoms with Crippen LogP contribution in [0.4, 0.5) is 10.5 Å². The summed E-state index contributed by atoms with van der Waals surface area (Å²) >= 11 is 0. The Labute approximate surface area is 111 Å². The summed E-state index contributed by atoms with van der Waals surface area (Å²) < 4.78 is 0. The topological polar surface area (TPSA) is 91.3 Å². The Hall–Kier alpha value is -2.55. The van der Waals surface area contributed by atoms with Crippen LogP contribution >= 0.6 is 0 Å². The molecule has 6 heteroatoms. The average Bonchev–Trinajstić information content (AvgIpc) is 2.38. The van der Waals surface area contributed by atoms with Crippen LogP contribution in [0.3, 0.4) is 0 Å². The predicted octanol–water partition coefficient (Wildman–Crippen LogP) is 1.70. The summed E-state index contributed by atoms with van der Waals surface area (Å²) in [5.74, 6) is 1.36. The maximum atomic E-state index is 11.6. The van der Waals surface area contributed by atoms with Crippen LogP contribution in [0.2, 0.25) is 0 Å². The van der Waals surface area contributed by atoms with Gasteiger partial charge in [0.1, 0.15) is 5.69 Å². The molecule has 0 saturated heterocycles. The van der Waals surface area contributed by atoms with Gasteiger partial charge in [0.25, 0.3) is 0 Å². The molecule has 2 amide bonds. The summed E-state index contributed by atoms with van der Waals surface area (Å²) in [7, 11) is 0. The standard InChI is InChI=1S/C13H15N3O3/c1-3-5-9(4-2)15-13(19)16-10-6-7-11(12(17)18)14-8-10/h2,6-9H,3,5H2,1H3,(H,17,18)(H2,15,16,19). The van der Waals surface area contributed by atoms with Crippen LogP contribution < -0.4 is 10.6 Å². The molecule has 19 heavy (non-hydrogen) atoms. The zero-order valence-corrected chi connectivity index (χ0v) is 10.5. The molecule has 100 valence electrons. The van der Waals surface area contributed by atoms with Crippen molar-refractivity contribution in [3.8, 4) is 12.3 Å². The summed E-state index contributed by atoms with van der Waals surface area (Å²) in [6.45, 7) is 1.97. The predicted molar refractivity (Wildman–Crippen MR) is 70.9 cm³/mol. The molecule has 1 aromatic heterocycles. The van der Waals surface area contributed by atoms with E-state index < -0.39 is 12.0 Å². The number of aromatic carboxylic acids is 1. The van der Waals surface area contributed by atoms with Crippen molar-refractivity contribution in [2.75, 3.05) is 5.32 Å². The van der Waals surface area contributed by atoms with Crippen LogP contribution in [0.25, 0.3) is 0 Å². The van der Waals surface area contributed by atoms with E-state index in [0.717, 1.165) is 6.42 Å². The van der Waals surface area contributed by atoms with E-state index in [4.69, 9.17) is 11.5 Å². The molecular formula is C13H15N3O3. The Morgan fingerprint density at radius 1 is 1.53 bits per heavy atom. The highest BCUT2D eigenvalue weighted by Gasteiger charge is 2.09. The lowest BCUT2D eigenvalue weighted by Crippen LogP contribution is -2.37. The minimum absolute atomic E-state index is 0.0848. The van der Waals surface area contributed by atoms with Crippen LogP contribution in [0.5, 0.6) is 0 Å². The van der Waals surface area contributed by atoms with Crippen LogP contribution in [-0.2, 0) is 0 Å². The number of amides is 2. The van der Waals surface area contributed by atoms with Crippen LogP contribution in [0.1, 0.15) is 30.3 Å². The zero-order valence-electron chi connectivity index (χ0n) is 10.5. The SMILES string of the molecule is C#CC(CCC)NC(=O)Nc1ccc(C(=O)O)nc1. The number of nitrogens with one attached hydrogen (secondary N) is 2. The van der Waals surface area contributed by atoms with Crippen molar-refractivity contribution in [2.24, 2.45) is 0 Å². The highest BCUT2D eigenvalue weighted by Crippen LogP contribution is 2.06. The fourth-order valence-corrected chi connectivity index (χ4v) is 1.41. The first-order chi connectivity index (χ1) is 9.06. The minimum atomic E-state index is -1.12. The monoisotopic (exact) mass is 261 g/mol. The number of anilines is 1. The van der Waals surface area contributed by atoms with E-state index >= 15 is 0 Å². The van der Waals surface area contributed by atoms with E-state index in [1.165, 1.54) is 18.3 Å². The molecule has 0 spiro atoms. The summed E-state index contributed by atoms with van der Waals surface area (Å²) in [6, 6.07) is 2.00. The van der Waals surface area contributed by atoms with E-state index in [9.17, 15) is 9.59 Å². The molecular weight excluding hydrogens is 246 g/mol. The Morgan fingerprint density at radius 3 is 2.74 bits per heavy atom. The Bertz CT molecular complexity index is 491. The van der Waals surface area contributed by atoms with Crippen LogP contribution in [0, 0.1) is 12.3 Å². The van der Waals surface area contributed by atoms with Gasteiger partial charge in [-0.1, -0.05) is 19.3 Å². The van der Waals surface area contributed by atoms with Gasteiger partial charge in [-0.3, -0.25) is 0 Å².